The largest absolute Gasteiger partial charge is 0.508 e. The van der Waals surface area contributed by atoms with E-state index < -0.39 is 0 Å². The second-order valence-electron chi connectivity index (χ2n) is 10.7. The summed E-state index contributed by atoms with van der Waals surface area (Å²) in [5.41, 5.74) is 3.43. The molecule has 0 unspecified atom stereocenters. The summed E-state index contributed by atoms with van der Waals surface area (Å²) in [7, 11) is 3.84. The predicted molar refractivity (Wildman–Crippen MR) is 146 cm³/mol. The number of hydrogen-bond donors (Lipinski definition) is 2. The molecule has 1 aliphatic carbocycles. The third-order valence-electron chi connectivity index (χ3n) is 8.34. The maximum Gasteiger partial charge on any atom is 0.235 e. The molecule has 8 nitrogen and oxygen atoms in total. The number of allylic oxidation sites excluding steroid dienone is 1. The number of phenolic OH excluding ortho intramolecular Hbond substituents is 2. The van der Waals surface area contributed by atoms with Crippen molar-refractivity contribution in [2.24, 2.45) is 0 Å². The molecule has 6 rings (SSSR count). The van der Waals surface area contributed by atoms with Crippen molar-refractivity contribution in [1.29, 1.82) is 0 Å². The van der Waals surface area contributed by atoms with Gasteiger partial charge >= 0.3 is 0 Å². The smallest absolute Gasteiger partial charge is 0.235 e. The molecule has 3 heterocycles. The van der Waals surface area contributed by atoms with Crippen molar-refractivity contribution in [3.63, 3.8) is 0 Å². The van der Waals surface area contributed by atoms with Crippen LogP contribution in [0.3, 0.4) is 0 Å². The van der Waals surface area contributed by atoms with Crippen LogP contribution >= 0.6 is 0 Å². The van der Waals surface area contributed by atoms with Gasteiger partial charge in [-0.15, -0.1) is 0 Å². The summed E-state index contributed by atoms with van der Waals surface area (Å²) in [4.78, 5) is 18.2. The van der Waals surface area contributed by atoms with Crippen LogP contribution in [-0.2, 0) is 6.54 Å². The average Bonchev–Trinajstić information content (AvgIpc) is 3.61. The molecular weight excluding hydrogens is 482 g/mol. The number of methoxy groups -OCH3 is 1. The highest BCUT2D eigenvalue weighted by atomic mass is 16.5. The van der Waals surface area contributed by atoms with Crippen LogP contribution in [0.2, 0.25) is 0 Å². The molecule has 8 heteroatoms. The van der Waals surface area contributed by atoms with Crippen LogP contribution in [0.15, 0.2) is 36.1 Å². The normalized spacial score (nSPS) is 19.9. The fourth-order valence-electron chi connectivity index (χ4n) is 6.26. The monoisotopic (exact) mass is 517 g/mol. The van der Waals surface area contributed by atoms with Crippen molar-refractivity contribution >= 4 is 22.8 Å². The lowest BCUT2D eigenvalue weighted by atomic mass is 9.97. The molecular formula is C30H35N3O5. The Labute approximate surface area is 222 Å². The Morgan fingerprint density at radius 3 is 2.55 bits per heavy atom. The van der Waals surface area contributed by atoms with Gasteiger partial charge in [0.1, 0.15) is 28.6 Å². The summed E-state index contributed by atoms with van der Waals surface area (Å²) in [6.07, 6.45) is 6.44. The molecule has 0 radical (unpaired) electrons. The summed E-state index contributed by atoms with van der Waals surface area (Å²) in [5, 5.41) is 21.3. The number of phenols is 2. The fraction of sp³-hybridized carbons (Fsp3) is 0.433. The molecule has 1 aromatic heterocycles. The Kier molecular flexibility index (Phi) is 6.53. The maximum absolute atomic E-state index is 13.3. The zero-order chi connectivity index (χ0) is 26.4. The first-order chi connectivity index (χ1) is 18.4. The quantitative estimate of drug-likeness (QED) is 0.463. The number of nitrogens with zero attached hydrogens (tertiary/aromatic N) is 3. The first kappa shape index (κ1) is 24.8. The van der Waals surface area contributed by atoms with Crippen LogP contribution in [0.25, 0.3) is 17.0 Å². The summed E-state index contributed by atoms with van der Waals surface area (Å²) < 4.78 is 14.0. The summed E-state index contributed by atoms with van der Waals surface area (Å²) in [5.74, 6) is 0.683. The number of likely N-dealkylation sites (N-methyl/N-ethyl adjacent to an activating group) is 1. The molecule has 200 valence electrons. The molecule has 3 aromatic rings. The molecule has 1 saturated heterocycles. The van der Waals surface area contributed by atoms with Gasteiger partial charge in [-0.3, -0.25) is 9.69 Å². The van der Waals surface area contributed by atoms with Crippen molar-refractivity contribution < 1.29 is 24.5 Å². The van der Waals surface area contributed by atoms with E-state index in [0.717, 1.165) is 74.3 Å². The highest BCUT2D eigenvalue weighted by Gasteiger charge is 2.33. The minimum atomic E-state index is -0.379. The van der Waals surface area contributed by atoms with Crippen LogP contribution in [0.5, 0.6) is 23.0 Å². The fourth-order valence-corrected chi connectivity index (χ4v) is 6.26. The number of ether oxygens (including phenoxy) is 2. The van der Waals surface area contributed by atoms with Crippen molar-refractivity contribution in [3.05, 3.63) is 52.9 Å². The lowest BCUT2D eigenvalue weighted by Gasteiger charge is -2.32. The molecule has 0 spiro atoms. The van der Waals surface area contributed by atoms with Gasteiger partial charge in [0, 0.05) is 73.6 Å². The third-order valence-corrected chi connectivity index (χ3v) is 8.34. The van der Waals surface area contributed by atoms with Crippen LogP contribution in [0.4, 0.5) is 0 Å². The number of Topliss-reactive ketones (excluding diaryl/α,β-unsaturated/α-hetero) is 1. The molecule has 0 amide bonds. The Morgan fingerprint density at radius 1 is 1.05 bits per heavy atom. The minimum absolute atomic E-state index is 0.0906. The molecule has 3 aliphatic rings. The van der Waals surface area contributed by atoms with Gasteiger partial charge in [0.05, 0.1) is 7.11 Å². The topological polar surface area (TPSA) is 87.4 Å². The summed E-state index contributed by atoms with van der Waals surface area (Å²) >= 11 is 0. The van der Waals surface area contributed by atoms with Crippen LogP contribution in [0, 0.1) is 0 Å². The van der Waals surface area contributed by atoms with E-state index in [0.29, 0.717) is 5.92 Å². The van der Waals surface area contributed by atoms with Gasteiger partial charge in [0.25, 0.3) is 0 Å². The van der Waals surface area contributed by atoms with Crippen LogP contribution in [-0.4, -0.2) is 77.2 Å². The minimum Gasteiger partial charge on any atom is -0.508 e. The van der Waals surface area contributed by atoms with E-state index in [4.69, 9.17) is 9.47 Å². The number of carbonyl (C=O) groups excluding carboxylic acids is 1. The third kappa shape index (κ3) is 4.41. The Bertz CT molecular complexity index is 1410. The second-order valence-corrected chi connectivity index (χ2v) is 10.7. The van der Waals surface area contributed by atoms with Crippen molar-refractivity contribution in [2.45, 2.75) is 38.1 Å². The Morgan fingerprint density at radius 2 is 1.82 bits per heavy atom. The molecule has 2 aromatic carbocycles. The van der Waals surface area contributed by atoms with Crippen molar-refractivity contribution in [1.82, 2.24) is 14.4 Å². The standard InChI is InChI=1S/C30H35N3O5/c1-31-9-11-32(12-10-31)13-14-33-24-8-7-21(37-2)17-22(24)23(29(33)19-5-3-4-6-19)18-27-30(36)28-25(35)15-20(34)16-26(28)38-27/h7-8,15-19,34-35H,3-6,9-14H2,1-2H3/b27-18-. The maximum atomic E-state index is 13.3. The Hall–Kier alpha value is -3.49. The molecule has 0 atom stereocenters. The van der Waals surface area contributed by atoms with Crippen LogP contribution < -0.4 is 9.47 Å². The number of carbonyl (C=O) groups is 1. The number of benzene rings is 2. The van der Waals surface area contributed by atoms with Crippen molar-refractivity contribution in [3.8, 4) is 23.0 Å². The molecule has 1 saturated carbocycles. The van der Waals surface area contributed by atoms with E-state index in [9.17, 15) is 15.0 Å². The first-order valence-corrected chi connectivity index (χ1v) is 13.5. The molecule has 2 aliphatic heterocycles. The number of hydrogen-bond acceptors (Lipinski definition) is 7. The van der Waals surface area contributed by atoms with Gasteiger partial charge in [0.2, 0.25) is 5.78 Å². The van der Waals surface area contributed by atoms with Gasteiger partial charge in [-0.25, -0.2) is 0 Å². The van der Waals surface area contributed by atoms with E-state index in [-0.39, 0.29) is 34.4 Å². The molecule has 2 fully saturated rings. The van der Waals surface area contributed by atoms with Gasteiger partial charge in [-0.05, 0) is 50.1 Å². The van der Waals surface area contributed by atoms with Gasteiger partial charge in [-0.1, -0.05) is 12.8 Å². The summed E-state index contributed by atoms with van der Waals surface area (Å²) in [6, 6.07) is 8.70. The van der Waals surface area contributed by atoms with Crippen LogP contribution in [0.1, 0.15) is 53.2 Å². The number of aromatic nitrogens is 1. The van der Waals surface area contributed by atoms with Gasteiger partial charge < -0.3 is 29.2 Å². The van der Waals surface area contributed by atoms with E-state index in [1.54, 1.807) is 7.11 Å². The predicted octanol–water partition coefficient (Wildman–Crippen LogP) is 4.58. The number of ketones is 1. The van der Waals surface area contributed by atoms with E-state index in [1.807, 2.05) is 18.2 Å². The number of fused-ring (bicyclic) bond motifs is 2. The van der Waals surface area contributed by atoms with E-state index in [2.05, 4.69) is 27.5 Å². The first-order valence-electron chi connectivity index (χ1n) is 13.5. The van der Waals surface area contributed by atoms with Gasteiger partial charge in [0.15, 0.2) is 5.76 Å². The number of piperazine rings is 1. The molecule has 2 N–H and O–H groups in total. The highest BCUT2D eigenvalue weighted by Crippen LogP contribution is 2.44. The van der Waals surface area contributed by atoms with E-state index >= 15 is 0 Å². The van der Waals surface area contributed by atoms with Crippen molar-refractivity contribution in [2.75, 3.05) is 46.9 Å². The number of rotatable bonds is 6. The number of aromatic hydroxyl groups is 2. The average molecular weight is 518 g/mol. The molecule has 0 bridgehead atoms. The molecule has 38 heavy (non-hydrogen) atoms. The zero-order valence-corrected chi connectivity index (χ0v) is 22.1. The van der Waals surface area contributed by atoms with E-state index in [1.165, 1.54) is 30.7 Å². The zero-order valence-electron chi connectivity index (χ0n) is 22.1. The highest BCUT2D eigenvalue weighted by molar-refractivity contribution is 6.17. The van der Waals surface area contributed by atoms with Gasteiger partial charge in [-0.2, -0.15) is 0 Å². The summed E-state index contributed by atoms with van der Waals surface area (Å²) in [6.45, 7) is 6.13. The lowest BCUT2D eigenvalue weighted by molar-refractivity contribution is 0.101. The lowest BCUT2D eigenvalue weighted by Crippen LogP contribution is -2.45. The second kappa shape index (κ2) is 10.0. The SMILES string of the molecule is COc1ccc2c(c1)c(/C=C1\Oc3cc(O)cc(O)c3C1=O)c(C1CCCC1)n2CCN1CCN(C)CC1. The Balaban J connectivity index is 1.46.